The minimum Gasteiger partial charge on any atom is -0.383 e. The Morgan fingerprint density at radius 1 is 1.10 bits per heavy atom. The van der Waals surface area contributed by atoms with E-state index in [1.54, 1.807) is 24.3 Å². The van der Waals surface area contributed by atoms with Crippen molar-refractivity contribution in [2.24, 2.45) is 11.8 Å². The lowest BCUT2D eigenvalue weighted by atomic mass is 9.89. The summed E-state index contributed by atoms with van der Waals surface area (Å²) in [6.45, 7) is 3.68. The Hall–Kier alpha value is -3.25. The Kier molecular flexibility index (Phi) is 9.39. The van der Waals surface area contributed by atoms with Crippen LogP contribution in [0.15, 0.2) is 30.5 Å². The molecule has 2 N–H and O–H groups in total. The van der Waals surface area contributed by atoms with Gasteiger partial charge in [0.25, 0.3) is 5.91 Å². The number of carbonyl (C=O) groups is 2. The van der Waals surface area contributed by atoms with E-state index in [0.29, 0.717) is 50.3 Å². The van der Waals surface area contributed by atoms with E-state index in [-0.39, 0.29) is 41.7 Å². The van der Waals surface area contributed by atoms with Crippen LogP contribution in [0.3, 0.4) is 0 Å². The van der Waals surface area contributed by atoms with Gasteiger partial charge < -0.3 is 25.2 Å². The zero-order valence-electron chi connectivity index (χ0n) is 22.3. The van der Waals surface area contributed by atoms with Crippen molar-refractivity contribution in [1.29, 1.82) is 0 Å². The summed E-state index contributed by atoms with van der Waals surface area (Å²) in [7, 11) is 3.55. The molecule has 12 heteroatoms. The lowest BCUT2D eigenvalue weighted by Crippen LogP contribution is -2.47. The monoisotopic (exact) mass is 548 g/mol. The van der Waals surface area contributed by atoms with Crippen molar-refractivity contribution >= 4 is 23.5 Å². The van der Waals surface area contributed by atoms with E-state index < -0.39 is 11.7 Å². The number of nitrogens with zero attached hydrogens (tertiary/aromatic N) is 4. The van der Waals surface area contributed by atoms with Gasteiger partial charge in [-0.2, -0.15) is 13.2 Å². The van der Waals surface area contributed by atoms with Gasteiger partial charge in [-0.3, -0.25) is 9.59 Å². The molecule has 1 aliphatic carbocycles. The smallest absolute Gasteiger partial charge is 0.383 e. The molecule has 2 fully saturated rings. The third-order valence-electron chi connectivity index (χ3n) is 7.41. The molecule has 2 amide bonds. The van der Waals surface area contributed by atoms with Crippen molar-refractivity contribution < 1.29 is 27.5 Å². The number of alkyl halides is 3. The number of hydrogen-bond acceptors (Lipinski definition) is 7. The van der Waals surface area contributed by atoms with Crippen LogP contribution in [0.5, 0.6) is 0 Å². The molecule has 0 unspecified atom stereocenters. The maximum absolute atomic E-state index is 13.8. The summed E-state index contributed by atoms with van der Waals surface area (Å²) in [5.41, 5.74) is 0.0529. The number of rotatable bonds is 9. The molecule has 0 radical (unpaired) electrons. The maximum Gasteiger partial charge on any atom is 0.419 e. The molecule has 1 aliphatic heterocycles. The molecule has 2 aliphatic rings. The molecule has 0 spiro atoms. The van der Waals surface area contributed by atoms with Gasteiger partial charge in [0.1, 0.15) is 0 Å². The SMILES string of the molecule is COCCNC(=O)[C@H]1CCC[C@H]1Cc1nc(Nc2ccc(C(=O)N3CCN(C)CC3)cc2)ncc1C(F)(F)F. The van der Waals surface area contributed by atoms with Gasteiger partial charge in [0.05, 0.1) is 17.9 Å². The van der Waals surface area contributed by atoms with Crippen molar-refractivity contribution in [3.8, 4) is 0 Å². The maximum atomic E-state index is 13.8. The van der Waals surface area contributed by atoms with Gasteiger partial charge in [-0.15, -0.1) is 0 Å². The summed E-state index contributed by atoms with van der Waals surface area (Å²) >= 11 is 0. The zero-order chi connectivity index (χ0) is 28.0. The Balaban J connectivity index is 1.46. The molecular formula is C27H35F3N6O3. The van der Waals surface area contributed by atoms with Crippen molar-refractivity contribution in [3.63, 3.8) is 0 Å². The molecule has 1 aromatic heterocycles. The first kappa shape index (κ1) is 28.8. The van der Waals surface area contributed by atoms with E-state index in [0.717, 1.165) is 25.7 Å². The number of likely N-dealkylation sites (N-methyl/N-ethyl adjacent to an activating group) is 1. The summed E-state index contributed by atoms with van der Waals surface area (Å²) in [4.78, 5) is 37.5. The lowest BCUT2D eigenvalue weighted by molar-refractivity contribution is -0.138. The lowest BCUT2D eigenvalue weighted by Gasteiger charge is -2.32. The third kappa shape index (κ3) is 7.45. The predicted molar refractivity (Wildman–Crippen MR) is 140 cm³/mol. The number of hydrogen-bond donors (Lipinski definition) is 2. The topological polar surface area (TPSA) is 99.7 Å². The first-order valence-electron chi connectivity index (χ1n) is 13.2. The molecule has 1 saturated heterocycles. The molecule has 9 nitrogen and oxygen atoms in total. The largest absolute Gasteiger partial charge is 0.419 e. The average molecular weight is 549 g/mol. The Morgan fingerprint density at radius 2 is 1.82 bits per heavy atom. The number of piperazine rings is 1. The second-order valence-electron chi connectivity index (χ2n) is 10.1. The molecule has 2 aromatic rings. The van der Waals surface area contributed by atoms with Gasteiger partial charge in [-0.1, -0.05) is 6.42 Å². The number of methoxy groups -OCH3 is 1. The van der Waals surface area contributed by atoms with E-state index >= 15 is 0 Å². The van der Waals surface area contributed by atoms with E-state index in [1.165, 1.54) is 7.11 Å². The second-order valence-corrected chi connectivity index (χ2v) is 10.1. The first-order valence-corrected chi connectivity index (χ1v) is 13.2. The molecule has 212 valence electrons. The fourth-order valence-electron chi connectivity index (χ4n) is 5.17. The highest BCUT2D eigenvalue weighted by molar-refractivity contribution is 5.94. The number of anilines is 2. The number of amides is 2. The molecule has 1 saturated carbocycles. The minimum atomic E-state index is -4.62. The number of ether oxygens (including phenoxy) is 1. The fraction of sp³-hybridized carbons (Fsp3) is 0.556. The van der Waals surface area contributed by atoms with Crippen molar-refractivity contribution in [3.05, 3.63) is 47.3 Å². The zero-order valence-corrected chi connectivity index (χ0v) is 22.3. The summed E-state index contributed by atoms with van der Waals surface area (Å²) in [6.07, 6.45) is -1.77. The van der Waals surface area contributed by atoms with Gasteiger partial charge in [-0.05, 0) is 56.5 Å². The van der Waals surface area contributed by atoms with Crippen LogP contribution in [0.1, 0.15) is 40.9 Å². The van der Waals surface area contributed by atoms with Crippen LogP contribution >= 0.6 is 0 Å². The number of benzene rings is 1. The summed E-state index contributed by atoms with van der Waals surface area (Å²) in [5.74, 6) is -0.826. The Bertz CT molecular complexity index is 1140. The number of aromatic nitrogens is 2. The van der Waals surface area contributed by atoms with Crippen LogP contribution in [0.25, 0.3) is 0 Å². The van der Waals surface area contributed by atoms with Crippen LogP contribution in [0, 0.1) is 11.8 Å². The normalized spacial score (nSPS) is 20.2. The Morgan fingerprint density at radius 3 is 2.49 bits per heavy atom. The van der Waals surface area contributed by atoms with Crippen molar-refractivity contribution in [2.45, 2.75) is 31.9 Å². The fourth-order valence-corrected chi connectivity index (χ4v) is 5.17. The molecular weight excluding hydrogens is 513 g/mol. The number of halogens is 3. The highest BCUT2D eigenvalue weighted by Gasteiger charge is 2.38. The van der Waals surface area contributed by atoms with Crippen LogP contribution in [-0.2, 0) is 22.1 Å². The van der Waals surface area contributed by atoms with Crippen molar-refractivity contribution in [2.75, 3.05) is 58.8 Å². The van der Waals surface area contributed by atoms with Crippen molar-refractivity contribution in [1.82, 2.24) is 25.1 Å². The molecule has 39 heavy (non-hydrogen) atoms. The molecule has 1 aromatic carbocycles. The highest BCUT2D eigenvalue weighted by Crippen LogP contribution is 2.38. The van der Waals surface area contributed by atoms with Gasteiger partial charge >= 0.3 is 6.18 Å². The molecule has 0 bridgehead atoms. The predicted octanol–water partition coefficient (Wildman–Crippen LogP) is 3.35. The van der Waals surface area contributed by atoms with Gasteiger partial charge in [0.15, 0.2) is 0 Å². The summed E-state index contributed by atoms with van der Waals surface area (Å²) in [6, 6.07) is 6.72. The molecule has 2 atom stereocenters. The average Bonchev–Trinajstić information content (AvgIpc) is 3.37. The molecule has 2 heterocycles. The highest BCUT2D eigenvalue weighted by atomic mass is 19.4. The van der Waals surface area contributed by atoms with Crippen LogP contribution in [-0.4, -0.2) is 85.1 Å². The molecule has 4 rings (SSSR count). The van der Waals surface area contributed by atoms with Gasteiger partial charge in [-0.25, -0.2) is 9.97 Å². The number of nitrogens with one attached hydrogen (secondary N) is 2. The minimum absolute atomic E-state index is 0.0207. The van der Waals surface area contributed by atoms with E-state index in [9.17, 15) is 22.8 Å². The Labute approximate surface area is 226 Å². The van der Waals surface area contributed by atoms with Gasteiger partial charge in [0, 0.05) is 63.2 Å². The third-order valence-corrected chi connectivity index (χ3v) is 7.41. The van der Waals surface area contributed by atoms with E-state index in [2.05, 4.69) is 25.5 Å². The van der Waals surface area contributed by atoms with E-state index in [1.807, 2.05) is 11.9 Å². The summed E-state index contributed by atoms with van der Waals surface area (Å²) < 4.78 is 46.4. The second kappa shape index (κ2) is 12.7. The number of carbonyl (C=O) groups excluding carboxylic acids is 2. The standard InChI is InChI=1S/C27H35F3N6O3/c1-35-11-13-36(14-12-35)25(38)18-6-8-20(9-7-18)33-26-32-17-22(27(28,29)30)23(34-26)16-19-4-3-5-21(19)24(37)31-10-15-39-2/h6-9,17,19,21H,3-5,10-16H2,1-2H3,(H,31,37)(H,32,33,34)/t19-,21-/m0/s1. The van der Waals surface area contributed by atoms with Gasteiger partial charge in [0.2, 0.25) is 11.9 Å². The quantitative estimate of drug-likeness (QED) is 0.464. The first-order chi connectivity index (χ1) is 18.7. The van der Waals surface area contributed by atoms with Crippen LogP contribution in [0.2, 0.25) is 0 Å². The van der Waals surface area contributed by atoms with Crippen LogP contribution < -0.4 is 10.6 Å². The summed E-state index contributed by atoms with van der Waals surface area (Å²) in [5, 5.41) is 5.76. The van der Waals surface area contributed by atoms with E-state index in [4.69, 9.17) is 4.74 Å². The van der Waals surface area contributed by atoms with Crippen LogP contribution in [0.4, 0.5) is 24.8 Å².